The average Bonchev–Trinajstić information content (AvgIpc) is 2.27. The molecule has 15 heavy (non-hydrogen) atoms. The van der Waals surface area contributed by atoms with Gasteiger partial charge in [-0.25, -0.2) is 4.79 Å². The van der Waals surface area contributed by atoms with Crippen LogP contribution in [0.2, 0.25) is 0 Å². The highest BCUT2D eigenvalue weighted by Gasteiger charge is 2.40. The SMILES string of the molecule is CC1CCCC1(N)OC(=O)NC(C)(C)C. The predicted octanol–water partition coefficient (Wildman–Crippen LogP) is 1.99. The highest BCUT2D eigenvalue weighted by Crippen LogP contribution is 2.34. The van der Waals surface area contributed by atoms with E-state index in [4.69, 9.17) is 10.5 Å². The van der Waals surface area contributed by atoms with Gasteiger partial charge in [-0.1, -0.05) is 6.92 Å². The predicted molar refractivity (Wildman–Crippen MR) is 59.3 cm³/mol. The van der Waals surface area contributed by atoms with Gasteiger partial charge >= 0.3 is 6.09 Å². The van der Waals surface area contributed by atoms with Gasteiger partial charge in [-0.05, 0) is 33.6 Å². The topological polar surface area (TPSA) is 64.3 Å². The summed E-state index contributed by atoms with van der Waals surface area (Å²) in [5.74, 6) is 0.239. The van der Waals surface area contributed by atoms with Gasteiger partial charge in [0, 0.05) is 17.9 Å². The second kappa shape index (κ2) is 4.00. The lowest BCUT2D eigenvalue weighted by Crippen LogP contribution is -2.51. The fourth-order valence-electron chi connectivity index (χ4n) is 1.83. The van der Waals surface area contributed by atoms with Crippen molar-refractivity contribution in [2.75, 3.05) is 0 Å². The number of carbonyl (C=O) groups is 1. The van der Waals surface area contributed by atoms with Crippen LogP contribution in [0.3, 0.4) is 0 Å². The first-order valence-corrected chi connectivity index (χ1v) is 5.53. The number of rotatable bonds is 1. The number of hydrogen-bond acceptors (Lipinski definition) is 3. The molecule has 3 N–H and O–H groups in total. The Kier molecular flexibility index (Phi) is 3.28. The van der Waals surface area contributed by atoms with Gasteiger partial charge in [0.15, 0.2) is 5.72 Å². The van der Waals surface area contributed by atoms with E-state index < -0.39 is 11.8 Å². The van der Waals surface area contributed by atoms with Crippen molar-refractivity contribution in [1.82, 2.24) is 5.32 Å². The van der Waals surface area contributed by atoms with E-state index in [1.807, 2.05) is 27.7 Å². The minimum atomic E-state index is -0.769. The molecule has 0 aromatic rings. The van der Waals surface area contributed by atoms with Crippen molar-refractivity contribution in [2.24, 2.45) is 11.7 Å². The summed E-state index contributed by atoms with van der Waals surface area (Å²) >= 11 is 0. The zero-order valence-corrected chi connectivity index (χ0v) is 10.1. The van der Waals surface area contributed by atoms with Crippen molar-refractivity contribution in [3.8, 4) is 0 Å². The van der Waals surface area contributed by atoms with Crippen LogP contribution < -0.4 is 11.1 Å². The van der Waals surface area contributed by atoms with E-state index in [1.54, 1.807) is 0 Å². The van der Waals surface area contributed by atoms with Gasteiger partial charge in [-0.15, -0.1) is 0 Å². The molecule has 88 valence electrons. The molecule has 0 radical (unpaired) electrons. The average molecular weight is 214 g/mol. The summed E-state index contributed by atoms with van der Waals surface area (Å²) in [7, 11) is 0. The lowest BCUT2D eigenvalue weighted by atomic mass is 10.0. The molecule has 1 aliphatic rings. The van der Waals surface area contributed by atoms with Gasteiger partial charge < -0.3 is 10.1 Å². The van der Waals surface area contributed by atoms with Gasteiger partial charge in [-0.2, -0.15) is 0 Å². The van der Waals surface area contributed by atoms with Crippen LogP contribution in [0.25, 0.3) is 0 Å². The van der Waals surface area contributed by atoms with Crippen LogP contribution >= 0.6 is 0 Å². The van der Waals surface area contributed by atoms with E-state index in [0.717, 1.165) is 19.3 Å². The molecule has 0 aromatic carbocycles. The fraction of sp³-hybridized carbons (Fsp3) is 0.909. The van der Waals surface area contributed by atoms with E-state index in [2.05, 4.69) is 5.32 Å². The van der Waals surface area contributed by atoms with E-state index >= 15 is 0 Å². The van der Waals surface area contributed by atoms with Crippen LogP contribution in [0.5, 0.6) is 0 Å². The standard InChI is InChI=1S/C11H22N2O2/c1-8-6-5-7-11(8,12)15-9(14)13-10(2,3)4/h8H,5-7,12H2,1-4H3,(H,13,14). The molecule has 0 aliphatic heterocycles. The van der Waals surface area contributed by atoms with Crippen LogP contribution in [0.1, 0.15) is 47.0 Å². The molecule has 1 amide bonds. The molecule has 0 spiro atoms. The molecule has 1 rings (SSSR count). The minimum absolute atomic E-state index is 0.239. The van der Waals surface area contributed by atoms with Crippen molar-refractivity contribution in [2.45, 2.75) is 58.2 Å². The molecule has 1 fully saturated rings. The van der Waals surface area contributed by atoms with Crippen molar-refractivity contribution in [3.05, 3.63) is 0 Å². The van der Waals surface area contributed by atoms with E-state index in [1.165, 1.54) is 0 Å². The molecule has 4 heteroatoms. The third-order valence-corrected chi connectivity index (χ3v) is 2.80. The Morgan fingerprint density at radius 1 is 1.53 bits per heavy atom. The lowest BCUT2D eigenvalue weighted by Gasteiger charge is -2.31. The number of nitrogens with two attached hydrogens (primary N) is 1. The maximum Gasteiger partial charge on any atom is 0.409 e. The van der Waals surface area contributed by atoms with Crippen molar-refractivity contribution in [3.63, 3.8) is 0 Å². The number of alkyl carbamates (subject to hydrolysis) is 1. The van der Waals surface area contributed by atoms with Crippen molar-refractivity contribution in [1.29, 1.82) is 0 Å². The first kappa shape index (κ1) is 12.3. The largest absolute Gasteiger partial charge is 0.428 e. The highest BCUT2D eigenvalue weighted by atomic mass is 16.6. The summed E-state index contributed by atoms with van der Waals surface area (Å²) < 4.78 is 5.31. The van der Waals surface area contributed by atoms with Gasteiger partial charge in [0.05, 0.1) is 0 Å². The maximum absolute atomic E-state index is 11.6. The van der Waals surface area contributed by atoms with Crippen LogP contribution in [0.15, 0.2) is 0 Å². The third-order valence-electron chi connectivity index (χ3n) is 2.80. The molecule has 0 bridgehead atoms. The molecule has 1 saturated carbocycles. The smallest absolute Gasteiger partial charge is 0.409 e. The molecule has 2 unspecified atom stereocenters. The molecule has 0 saturated heterocycles. The Labute approximate surface area is 91.5 Å². The Morgan fingerprint density at radius 3 is 2.53 bits per heavy atom. The second-order valence-corrected chi connectivity index (χ2v) is 5.51. The first-order valence-electron chi connectivity index (χ1n) is 5.53. The summed E-state index contributed by atoms with van der Waals surface area (Å²) in [6.45, 7) is 7.76. The summed E-state index contributed by atoms with van der Waals surface area (Å²) in [4.78, 5) is 11.6. The number of nitrogens with one attached hydrogen (secondary N) is 1. The van der Waals surface area contributed by atoms with E-state index in [0.29, 0.717) is 0 Å². The normalized spacial score (nSPS) is 31.4. The molecule has 0 aromatic heterocycles. The third kappa shape index (κ3) is 3.38. The zero-order chi connectivity index (χ0) is 11.7. The second-order valence-electron chi connectivity index (χ2n) is 5.51. The number of ether oxygens (including phenoxy) is 1. The summed E-state index contributed by atoms with van der Waals surface area (Å²) in [6.07, 6.45) is 2.39. The Morgan fingerprint density at radius 2 is 2.13 bits per heavy atom. The van der Waals surface area contributed by atoms with Gasteiger partial charge in [0.25, 0.3) is 0 Å². The Hall–Kier alpha value is -0.770. The van der Waals surface area contributed by atoms with Crippen molar-refractivity contribution < 1.29 is 9.53 Å². The van der Waals surface area contributed by atoms with Gasteiger partial charge in [0.2, 0.25) is 0 Å². The van der Waals surface area contributed by atoms with Gasteiger partial charge in [0.1, 0.15) is 0 Å². The number of carbonyl (C=O) groups excluding carboxylic acids is 1. The van der Waals surface area contributed by atoms with Crippen molar-refractivity contribution >= 4 is 6.09 Å². The maximum atomic E-state index is 11.6. The number of amides is 1. The quantitative estimate of drug-likeness (QED) is 0.656. The zero-order valence-electron chi connectivity index (χ0n) is 10.1. The lowest BCUT2D eigenvalue weighted by molar-refractivity contribution is -0.0110. The monoisotopic (exact) mass is 214 g/mol. The van der Waals surface area contributed by atoms with Crippen LogP contribution in [-0.2, 0) is 4.74 Å². The molecular weight excluding hydrogens is 192 g/mol. The Bertz CT molecular complexity index is 247. The van der Waals surface area contributed by atoms with E-state index in [-0.39, 0.29) is 11.5 Å². The van der Waals surface area contributed by atoms with Gasteiger partial charge in [-0.3, -0.25) is 5.73 Å². The molecule has 4 nitrogen and oxygen atoms in total. The minimum Gasteiger partial charge on any atom is -0.428 e. The summed E-state index contributed by atoms with van der Waals surface area (Å²) in [5.41, 5.74) is 4.99. The molecule has 0 heterocycles. The molecule has 1 aliphatic carbocycles. The number of hydrogen-bond donors (Lipinski definition) is 2. The summed E-state index contributed by atoms with van der Waals surface area (Å²) in [6, 6.07) is 0. The van der Waals surface area contributed by atoms with E-state index in [9.17, 15) is 4.79 Å². The Balaban J connectivity index is 2.51. The molecular formula is C11H22N2O2. The first-order chi connectivity index (χ1) is 6.73. The highest BCUT2D eigenvalue weighted by molar-refractivity contribution is 5.68. The summed E-state index contributed by atoms with van der Waals surface area (Å²) in [5, 5.41) is 2.75. The van der Waals surface area contributed by atoms with Crippen LogP contribution in [-0.4, -0.2) is 17.4 Å². The fourth-order valence-corrected chi connectivity index (χ4v) is 1.83. The van der Waals surface area contributed by atoms with Crippen LogP contribution in [0, 0.1) is 5.92 Å². The van der Waals surface area contributed by atoms with Crippen LogP contribution in [0.4, 0.5) is 4.79 Å². The molecule has 2 atom stereocenters.